The van der Waals surface area contributed by atoms with Crippen molar-refractivity contribution in [2.75, 3.05) is 24.5 Å². The number of para-hydroxylation sites is 1. The van der Waals surface area contributed by atoms with E-state index in [0.717, 1.165) is 67.6 Å². The first-order valence-electron chi connectivity index (χ1n) is 11.8. The maximum absolute atomic E-state index is 14.4. The number of anilines is 1. The number of likely N-dealkylation sites (tertiary alicyclic amines) is 1. The fourth-order valence-corrected chi connectivity index (χ4v) is 5.74. The SMILES string of the molecule is O=C(c1nn(-c2ccccc2F)c2c1CCC2)N1CCC(N2CCc3cc(F)ccc32)CC1. The van der Waals surface area contributed by atoms with E-state index in [1.807, 2.05) is 11.0 Å². The van der Waals surface area contributed by atoms with Crippen LogP contribution >= 0.6 is 0 Å². The highest BCUT2D eigenvalue weighted by molar-refractivity contribution is 5.94. The zero-order valence-electron chi connectivity index (χ0n) is 18.4. The standard InChI is InChI=1S/C26H26F2N4O/c27-18-8-9-22-17(16-18)10-15-31(22)19-11-13-30(14-12-19)26(33)25-20-4-3-7-23(20)32(29-25)24-6-2-1-5-21(24)28/h1-2,5-6,8-9,16,19H,3-4,7,10-15H2. The fraction of sp³-hybridized carbons (Fsp3) is 0.385. The van der Waals surface area contributed by atoms with Gasteiger partial charge in [0.15, 0.2) is 5.69 Å². The second-order valence-corrected chi connectivity index (χ2v) is 9.23. The van der Waals surface area contributed by atoms with Gasteiger partial charge in [0.2, 0.25) is 0 Å². The summed E-state index contributed by atoms with van der Waals surface area (Å²) in [6, 6.07) is 12.0. The topological polar surface area (TPSA) is 41.4 Å². The molecule has 6 rings (SSSR count). The van der Waals surface area contributed by atoms with Crippen molar-refractivity contribution in [1.82, 2.24) is 14.7 Å². The van der Waals surface area contributed by atoms with E-state index in [0.29, 0.717) is 30.5 Å². The van der Waals surface area contributed by atoms with E-state index >= 15 is 0 Å². The van der Waals surface area contributed by atoms with Gasteiger partial charge in [0.05, 0.1) is 0 Å². The van der Waals surface area contributed by atoms with Crippen LogP contribution in [0.5, 0.6) is 0 Å². The molecule has 3 aliphatic rings. The Bertz CT molecular complexity index is 1230. The van der Waals surface area contributed by atoms with Gasteiger partial charge in [-0.15, -0.1) is 0 Å². The van der Waals surface area contributed by atoms with Gasteiger partial charge in [-0.05, 0) is 74.4 Å². The summed E-state index contributed by atoms with van der Waals surface area (Å²) in [7, 11) is 0. The maximum Gasteiger partial charge on any atom is 0.274 e. The van der Waals surface area contributed by atoms with E-state index in [9.17, 15) is 13.6 Å². The summed E-state index contributed by atoms with van der Waals surface area (Å²) in [5.41, 5.74) is 5.01. The molecule has 2 aliphatic heterocycles. The average Bonchev–Trinajstić information content (AvgIpc) is 3.54. The molecule has 0 N–H and O–H groups in total. The van der Waals surface area contributed by atoms with Crippen molar-refractivity contribution in [3.05, 3.63) is 76.6 Å². The van der Waals surface area contributed by atoms with E-state index in [4.69, 9.17) is 0 Å². The number of aromatic nitrogens is 2. The highest BCUT2D eigenvalue weighted by Crippen LogP contribution is 2.34. The van der Waals surface area contributed by atoms with Crippen LogP contribution in [0.3, 0.4) is 0 Å². The molecule has 2 aromatic carbocycles. The Morgan fingerprint density at radius 3 is 2.58 bits per heavy atom. The molecule has 33 heavy (non-hydrogen) atoms. The molecule has 0 unspecified atom stereocenters. The third kappa shape index (κ3) is 3.41. The molecule has 1 aliphatic carbocycles. The predicted octanol–water partition coefficient (Wildman–Crippen LogP) is 4.31. The molecule has 3 heterocycles. The number of nitrogens with zero attached hydrogens (tertiary/aromatic N) is 4. The third-order valence-corrected chi connectivity index (χ3v) is 7.38. The van der Waals surface area contributed by atoms with Crippen molar-refractivity contribution in [3.8, 4) is 5.69 Å². The van der Waals surface area contributed by atoms with Crippen molar-refractivity contribution < 1.29 is 13.6 Å². The molecule has 1 saturated heterocycles. The summed E-state index contributed by atoms with van der Waals surface area (Å²) in [5.74, 6) is -0.566. The average molecular weight is 449 g/mol. The van der Waals surface area contributed by atoms with Crippen LogP contribution < -0.4 is 4.90 Å². The first-order valence-corrected chi connectivity index (χ1v) is 11.8. The van der Waals surface area contributed by atoms with Crippen LogP contribution in [0.25, 0.3) is 5.69 Å². The molecule has 1 amide bonds. The molecule has 7 heteroatoms. The van der Waals surface area contributed by atoms with Crippen LogP contribution in [0, 0.1) is 11.6 Å². The van der Waals surface area contributed by atoms with Gasteiger partial charge in [0.25, 0.3) is 5.91 Å². The van der Waals surface area contributed by atoms with Gasteiger partial charge in [0.1, 0.15) is 17.3 Å². The Labute approximate surface area is 191 Å². The molecule has 0 saturated carbocycles. The van der Waals surface area contributed by atoms with Crippen molar-refractivity contribution in [2.24, 2.45) is 0 Å². The number of carbonyl (C=O) groups excluding carboxylic acids is 1. The smallest absolute Gasteiger partial charge is 0.274 e. The van der Waals surface area contributed by atoms with Crippen LogP contribution in [0.4, 0.5) is 14.5 Å². The number of carbonyl (C=O) groups is 1. The zero-order chi connectivity index (χ0) is 22.5. The van der Waals surface area contributed by atoms with Gasteiger partial charge in [-0.3, -0.25) is 4.79 Å². The minimum atomic E-state index is -0.333. The van der Waals surface area contributed by atoms with E-state index in [-0.39, 0.29) is 17.5 Å². The van der Waals surface area contributed by atoms with E-state index in [1.165, 1.54) is 12.1 Å². The lowest BCUT2D eigenvalue weighted by Gasteiger charge is -2.38. The molecule has 0 spiro atoms. The maximum atomic E-state index is 14.4. The Balaban J connectivity index is 1.20. The van der Waals surface area contributed by atoms with Gasteiger partial charge in [-0.2, -0.15) is 5.10 Å². The summed E-state index contributed by atoms with van der Waals surface area (Å²) in [6.07, 6.45) is 5.19. The lowest BCUT2D eigenvalue weighted by atomic mass is 10.0. The van der Waals surface area contributed by atoms with Crippen molar-refractivity contribution in [1.29, 1.82) is 0 Å². The van der Waals surface area contributed by atoms with Gasteiger partial charge in [-0.1, -0.05) is 12.1 Å². The minimum absolute atomic E-state index is 0.0504. The quantitative estimate of drug-likeness (QED) is 0.600. The summed E-state index contributed by atoms with van der Waals surface area (Å²) >= 11 is 0. The normalized spacial score (nSPS) is 18.0. The molecule has 0 bridgehead atoms. The second kappa shape index (κ2) is 7.97. The van der Waals surface area contributed by atoms with Gasteiger partial charge in [-0.25, -0.2) is 13.5 Å². The van der Waals surface area contributed by atoms with Gasteiger partial charge >= 0.3 is 0 Å². The molecular formula is C26H26F2N4O. The number of benzene rings is 2. The largest absolute Gasteiger partial charge is 0.368 e. The number of fused-ring (bicyclic) bond motifs is 2. The number of amides is 1. The second-order valence-electron chi connectivity index (χ2n) is 9.23. The Kier molecular flexibility index (Phi) is 4.93. The van der Waals surface area contributed by atoms with Crippen LogP contribution in [0.2, 0.25) is 0 Å². The summed E-state index contributed by atoms with van der Waals surface area (Å²) in [5, 5.41) is 4.61. The number of hydrogen-bond donors (Lipinski definition) is 0. The van der Waals surface area contributed by atoms with Crippen LogP contribution in [0.15, 0.2) is 42.5 Å². The number of halogens is 2. The molecule has 3 aromatic rings. The molecule has 170 valence electrons. The summed E-state index contributed by atoms with van der Waals surface area (Å²) in [4.78, 5) is 17.7. The third-order valence-electron chi connectivity index (χ3n) is 7.38. The molecule has 1 aromatic heterocycles. The van der Waals surface area contributed by atoms with Gasteiger partial charge in [0, 0.05) is 42.6 Å². The van der Waals surface area contributed by atoms with E-state index < -0.39 is 0 Å². The fourth-order valence-electron chi connectivity index (χ4n) is 5.74. The minimum Gasteiger partial charge on any atom is -0.368 e. The number of hydrogen-bond acceptors (Lipinski definition) is 3. The first-order chi connectivity index (χ1) is 16.1. The summed E-state index contributed by atoms with van der Waals surface area (Å²) < 4.78 is 29.7. The first kappa shape index (κ1) is 20.4. The van der Waals surface area contributed by atoms with Gasteiger partial charge < -0.3 is 9.80 Å². The van der Waals surface area contributed by atoms with Crippen LogP contribution in [0.1, 0.15) is 46.6 Å². The lowest BCUT2D eigenvalue weighted by molar-refractivity contribution is 0.0705. The number of rotatable bonds is 3. The highest BCUT2D eigenvalue weighted by atomic mass is 19.1. The van der Waals surface area contributed by atoms with E-state index in [1.54, 1.807) is 28.9 Å². The van der Waals surface area contributed by atoms with Crippen molar-refractivity contribution in [2.45, 2.75) is 44.6 Å². The highest BCUT2D eigenvalue weighted by Gasteiger charge is 2.34. The number of piperidine rings is 1. The molecular weight excluding hydrogens is 422 g/mol. The Morgan fingerprint density at radius 2 is 1.76 bits per heavy atom. The monoisotopic (exact) mass is 448 g/mol. The Hall–Kier alpha value is -3.22. The molecule has 1 fully saturated rings. The molecule has 0 radical (unpaired) electrons. The Morgan fingerprint density at radius 1 is 0.939 bits per heavy atom. The molecule has 0 atom stereocenters. The van der Waals surface area contributed by atoms with Crippen LogP contribution in [-0.2, 0) is 19.3 Å². The van der Waals surface area contributed by atoms with Crippen molar-refractivity contribution >= 4 is 11.6 Å². The zero-order valence-corrected chi connectivity index (χ0v) is 18.4. The van der Waals surface area contributed by atoms with Crippen molar-refractivity contribution in [3.63, 3.8) is 0 Å². The van der Waals surface area contributed by atoms with E-state index in [2.05, 4.69) is 10.00 Å². The predicted molar refractivity (Wildman–Crippen MR) is 122 cm³/mol. The lowest BCUT2D eigenvalue weighted by Crippen LogP contribution is -2.46. The van der Waals surface area contributed by atoms with Crippen LogP contribution in [-0.4, -0.2) is 46.3 Å². The molecule has 5 nitrogen and oxygen atoms in total. The summed E-state index contributed by atoms with van der Waals surface area (Å²) in [6.45, 7) is 2.23.